The summed E-state index contributed by atoms with van der Waals surface area (Å²) in [6, 6.07) is 4.88. The van der Waals surface area contributed by atoms with E-state index in [1.807, 2.05) is 0 Å². The Morgan fingerprint density at radius 1 is 1.20 bits per heavy atom. The highest BCUT2D eigenvalue weighted by Gasteiger charge is 2.16. The Morgan fingerprint density at radius 2 is 1.90 bits per heavy atom. The molecule has 2 aromatic rings. The molecule has 2 rings (SSSR count). The molecule has 1 aromatic heterocycles. The molecule has 0 amide bonds. The molecule has 0 saturated heterocycles. The average Bonchev–Trinajstić information content (AvgIpc) is 2.37. The molecule has 3 N–H and O–H groups in total. The lowest BCUT2D eigenvalue weighted by molar-refractivity contribution is -0.140. The van der Waals surface area contributed by atoms with Crippen molar-refractivity contribution >= 4 is 40.3 Å². The predicted molar refractivity (Wildman–Crippen MR) is 71.5 cm³/mol. The number of halogens is 1. The molecule has 7 nitrogen and oxygen atoms in total. The number of benzene rings is 1. The third kappa shape index (κ3) is 2.83. The zero-order valence-corrected chi connectivity index (χ0v) is 10.6. The lowest BCUT2D eigenvalue weighted by atomic mass is 10.2. The summed E-state index contributed by atoms with van der Waals surface area (Å²) in [7, 11) is 0. The molecule has 0 radical (unpaired) electrons. The molecule has 0 aliphatic rings. The second-order valence-electron chi connectivity index (χ2n) is 3.70. The Labute approximate surface area is 117 Å². The molecule has 0 spiro atoms. The van der Waals surface area contributed by atoms with E-state index < -0.39 is 17.5 Å². The SMILES string of the molecule is O=C(O)C(=CNc1ncnc2cc(Cl)ccc12)C(=O)O. The van der Waals surface area contributed by atoms with Gasteiger partial charge in [0.15, 0.2) is 5.57 Å². The fraction of sp³-hybridized carbons (Fsp3) is 0. The van der Waals surface area contributed by atoms with Crippen molar-refractivity contribution in [2.75, 3.05) is 5.32 Å². The second-order valence-corrected chi connectivity index (χ2v) is 4.13. The van der Waals surface area contributed by atoms with E-state index in [4.69, 9.17) is 21.8 Å². The van der Waals surface area contributed by atoms with Crippen molar-refractivity contribution in [1.29, 1.82) is 0 Å². The number of aliphatic carboxylic acids is 2. The lowest BCUT2D eigenvalue weighted by Crippen LogP contribution is -2.13. The third-order valence-corrected chi connectivity index (χ3v) is 2.65. The van der Waals surface area contributed by atoms with Crippen LogP contribution in [0, 0.1) is 0 Å². The highest BCUT2D eigenvalue weighted by Crippen LogP contribution is 2.22. The first kappa shape index (κ1) is 13.8. The van der Waals surface area contributed by atoms with Crippen LogP contribution >= 0.6 is 11.6 Å². The zero-order valence-electron chi connectivity index (χ0n) is 9.87. The van der Waals surface area contributed by atoms with Crippen LogP contribution in [-0.2, 0) is 9.59 Å². The van der Waals surface area contributed by atoms with Crippen LogP contribution in [0.15, 0.2) is 36.3 Å². The average molecular weight is 294 g/mol. The largest absolute Gasteiger partial charge is 0.477 e. The molecule has 0 unspecified atom stereocenters. The number of aromatic nitrogens is 2. The van der Waals surface area contributed by atoms with Crippen molar-refractivity contribution in [3.63, 3.8) is 0 Å². The van der Waals surface area contributed by atoms with E-state index in [0.29, 0.717) is 15.9 Å². The van der Waals surface area contributed by atoms with Crippen molar-refractivity contribution < 1.29 is 19.8 Å². The van der Waals surface area contributed by atoms with Gasteiger partial charge in [-0.3, -0.25) is 0 Å². The van der Waals surface area contributed by atoms with Crippen molar-refractivity contribution in [2.45, 2.75) is 0 Å². The first-order valence-corrected chi connectivity index (χ1v) is 5.70. The first-order chi connectivity index (χ1) is 9.49. The van der Waals surface area contributed by atoms with E-state index in [1.165, 1.54) is 6.33 Å². The Bertz CT molecular complexity index is 714. The van der Waals surface area contributed by atoms with Gasteiger partial charge in [-0.15, -0.1) is 0 Å². The molecular formula is C12H8ClN3O4. The van der Waals surface area contributed by atoms with E-state index >= 15 is 0 Å². The van der Waals surface area contributed by atoms with Gasteiger partial charge in [-0.25, -0.2) is 19.6 Å². The molecule has 0 aliphatic carbocycles. The molecule has 0 saturated carbocycles. The number of carbonyl (C=O) groups is 2. The number of carboxylic acids is 2. The normalized spacial score (nSPS) is 10.1. The van der Waals surface area contributed by atoms with Gasteiger partial charge in [0, 0.05) is 16.6 Å². The van der Waals surface area contributed by atoms with Crippen molar-refractivity contribution in [3.05, 3.63) is 41.3 Å². The minimum atomic E-state index is -1.55. The molecule has 0 bridgehead atoms. The summed E-state index contributed by atoms with van der Waals surface area (Å²) >= 11 is 5.83. The summed E-state index contributed by atoms with van der Waals surface area (Å²) in [6.45, 7) is 0. The van der Waals surface area contributed by atoms with Crippen molar-refractivity contribution in [1.82, 2.24) is 9.97 Å². The predicted octanol–water partition coefficient (Wildman–Crippen LogP) is 1.75. The van der Waals surface area contributed by atoms with Crippen LogP contribution < -0.4 is 5.32 Å². The molecule has 0 fully saturated rings. The van der Waals surface area contributed by atoms with Gasteiger partial charge >= 0.3 is 11.9 Å². The number of fused-ring (bicyclic) bond motifs is 1. The summed E-state index contributed by atoms with van der Waals surface area (Å²) in [5.74, 6) is -2.82. The van der Waals surface area contributed by atoms with Crippen LogP contribution in [0.4, 0.5) is 5.82 Å². The van der Waals surface area contributed by atoms with Crippen molar-refractivity contribution in [2.24, 2.45) is 0 Å². The van der Waals surface area contributed by atoms with Crippen LogP contribution in [-0.4, -0.2) is 32.1 Å². The van der Waals surface area contributed by atoms with E-state index in [-0.39, 0.29) is 5.82 Å². The van der Waals surface area contributed by atoms with Crippen LogP contribution in [0.3, 0.4) is 0 Å². The third-order valence-electron chi connectivity index (χ3n) is 2.41. The molecule has 20 heavy (non-hydrogen) atoms. The fourth-order valence-corrected chi connectivity index (χ4v) is 1.67. The fourth-order valence-electron chi connectivity index (χ4n) is 1.50. The number of rotatable bonds is 4. The molecule has 102 valence electrons. The number of carboxylic acid groups (broad SMARTS) is 2. The van der Waals surface area contributed by atoms with Gasteiger partial charge in [0.05, 0.1) is 5.52 Å². The van der Waals surface area contributed by atoms with Crippen LogP contribution in [0.1, 0.15) is 0 Å². The van der Waals surface area contributed by atoms with Gasteiger partial charge in [0.1, 0.15) is 12.1 Å². The molecule has 1 aromatic carbocycles. The van der Waals surface area contributed by atoms with Gasteiger partial charge in [-0.1, -0.05) is 11.6 Å². The summed E-state index contributed by atoms with van der Waals surface area (Å²) in [5.41, 5.74) is -0.249. The summed E-state index contributed by atoms with van der Waals surface area (Å²) in [4.78, 5) is 29.4. The summed E-state index contributed by atoms with van der Waals surface area (Å²) in [6.07, 6.45) is 2.12. The van der Waals surface area contributed by atoms with Crippen LogP contribution in [0.2, 0.25) is 5.02 Å². The van der Waals surface area contributed by atoms with E-state index in [2.05, 4.69) is 15.3 Å². The topological polar surface area (TPSA) is 112 Å². The van der Waals surface area contributed by atoms with Gasteiger partial charge in [-0.05, 0) is 18.2 Å². The van der Waals surface area contributed by atoms with Gasteiger partial charge < -0.3 is 15.5 Å². The highest BCUT2D eigenvalue weighted by molar-refractivity contribution is 6.31. The first-order valence-electron chi connectivity index (χ1n) is 5.32. The van der Waals surface area contributed by atoms with E-state index in [1.54, 1.807) is 18.2 Å². The lowest BCUT2D eigenvalue weighted by Gasteiger charge is -2.05. The molecular weight excluding hydrogens is 286 g/mol. The van der Waals surface area contributed by atoms with Gasteiger partial charge in [-0.2, -0.15) is 0 Å². The number of anilines is 1. The Morgan fingerprint density at radius 3 is 2.55 bits per heavy atom. The van der Waals surface area contributed by atoms with E-state index in [9.17, 15) is 9.59 Å². The number of hydrogen-bond donors (Lipinski definition) is 3. The second kappa shape index (κ2) is 5.54. The van der Waals surface area contributed by atoms with Gasteiger partial charge in [0.2, 0.25) is 0 Å². The maximum Gasteiger partial charge on any atom is 0.344 e. The minimum absolute atomic E-state index is 0.284. The highest BCUT2D eigenvalue weighted by atomic mass is 35.5. The van der Waals surface area contributed by atoms with E-state index in [0.717, 1.165) is 6.20 Å². The standard InChI is InChI=1S/C12H8ClN3O4/c13-6-1-2-7-9(3-6)15-5-16-10(7)14-4-8(11(17)18)12(19)20/h1-5H,(H,17,18)(H,19,20)(H,14,15,16). The monoisotopic (exact) mass is 293 g/mol. The summed E-state index contributed by atoms with van der Waals surface area (Å²) in [5, 5.41) is 21.1. The minimum Gasteiger partial charge on any atom is -0.477 e. The molecule has 0 aliphatic heterocycles. The smallest absolute Gasteiger partial charge is 0.344 e. The zero-order chi connectivity index (χ0) is 14.7. The van der Waals surface area contributed by atoms with Crippen LogP contribution in [0.25, 0.3) is 10.9 Å². The number of nitrogens with zero attached hydrogens (tertiary/aromatic N) is 2. The van der Waals surface area contributed by atoms with Crippen molar-refractivity contribution in [3.8, 4) is 0 Å². The number of hydrogen-bond acceptors (Lipinski definition) is 5. The maximum atomic E-state index is 10.7. The molecule has 1 heterocycles. The Balaban J connectivity index is 2.42. The summed E-state index contributed by atoms with van der Waals surface area (Å²) < 4.78 is 0. The molecule has 0 atom stereocenters. The maximum absolute atomic E-state index is 10.7. The Hall–Kier alpha value is -2.67. The molecule has 8 heteroatoms. The van der Waals surface area contributed by atoms with Crippen LogP contribution in [0.5, 0.6) is 0 Å². The van der Waals surface area contributed by atoms with Gasteiger partial charge in [0.25, 0.3) is 0 Å². The number of nitrogens with one attached hydrogen (secondary N) is 1. The quantitative estimate of drug-likeness (QED) is 0.447. The Kier molecular flexibility index (Phi) is 3.81.